The van der Waals surface area contributed by atoms with E-state index in [1.807, 2.05) is 56.3 Å². The fraction of sp³-hybridized carbons (Fsp3) is 0.263. The Hall–Kier alpha value is -2.62. The maximum absolute atomic E-state index is 12.5. The van der Waals surface area contributed by atoms with Gasteiger partial charge in [-0.15, -0.1) is 0 Å². The molecule has 2 amide bonds. The lowest BCUT2D eigenvalue weighted by atomic mass is 10.1. The second kappa shape index (κ2) is 6.24. The number of imide groups is 1. The molecule has 0 spiro atoms. The van der Waals surface area contributed by atoms with E-state index in [2.05, 4.69) is 11.4 Å². The molecule has 1 aliphatic rings. The third-order valence-electron chi connectivity index (χ3n) is 3.99. The topological polar surface area (TPSA) is 49.4 Å². The van der Waals surface area contributed by atoms with Crippen LogP contribution in [0.4, 0.5) is 5.69 Å². The maximum Gasteiger partial charge on any atom is 0.252 e. The average molecular weight is 308 g/mol. The number of likely N-dealkylation sites (tertiary alicyclic amines) is 1. The molecule has 0 aromatic heterocycles. The summed E-state index contributed by atoms with van der Waals surface area (Å²) in [6, 6.07) is 15.2. The first-order valence-electron chi connectivity index (χ1n) is 7.76. The molecule has 118 valence electrons. The van der Waals surface area contributed by atoms with E-state index in [0.29, 0.717) is 6.54 Å². The fourth-order valence-electron chi connectivity index (χ4n) is 2.99. The molecule has 0 bridgehead atoms. The predicted octanol–water partition coefficient (Wildman–Crippen LogP) is 3.04. The average Bonchev–Trinajstić information content (AvgIpc) is 2.75. The molecule has 2 aromatic carbocycles. The van der Waals surface area contributed by atoms with Crippen LogP contribution in [0.15, 0.2) is 48.5 Å². The first-order chi connectivity index (χ1) is 11.0. The van der Waals surface area contributed by atoms with E-state index in [1.165, 1.54) is 4.90 Å². The zero-order valence-electron chi connectivity index (χ0n) is 13.4. The monoisotopic (exact) mass is 308 g/mol. The zero-order valence-corrected chi connectivity index (χ0v) is 13.4. The molecule has 4 heteroatoms. The van der Waals surface area contributed by atoms with Crippen molar-refractivity contribution in [2.75, 3.05) is 5.32 Å². The van der Waals surface area contributed by atoms with Crippen LogP contribution in [-0.2, 0) is 16.1 Å². The SMILES string of the molecule is Cc1cc(C)cc(N[C@H]2CC(=O)N(Cc3ccccc3)C2=O)c1. The van der Waals surface area contributed by atoms with Gasteiger partial charge in [0.15, 0.2) is 0 Å². The number of benzene rings is 2. The number of rotatable bonds is 4. The molecule has 0 aliphatic carbocycles. The van der Waals surface area contributed by atoms with Gasteiger partial charge in [0.1, 0.15) is 6.04 Å². The molecule has 1 heterocycles. The van der Waals surface area contributed by atoms with Gasteiger partial charge in [-0.2, -0.15) is 0 Å². The smallest absolute Gasteiger partial charge is 0.252 e. The number of anilines is 1. The van der Waals surface area contributed by atoms with Gasteiger partial charge < -0.3 is 5.32 Å². The van der Waals surface area contributed by atoms with Gasteiger partial charge >= 0.3 is 0 Å². The Labute approximate surface area is 136 Å². The lowest BCUT2D eigenvalue weighted by Gasteiger charge is -2.16. The minimum Gasteiger partial charge on any atom is -0.373 e. The first kappa shape index (κ1) is 15.3. The van der Waals surface area contributed by atoms with Crippen LogP contribution in [0, 0.1) is 13.8 Å². The zero-order chi connectivity index (χ0) is 16.4. The standard InChI is InChI=1S/C19H20N2O2/c1-13-8-14(2)10-16(9-13)20-17-11-18(22)21(19(17)23)12-15-6-4-3-5-7-15/h3-10,17,20H,11-12H2,1-2H3/t17-/m0/s1. The van der Waals surface area contributed by atoms with Gasteiger partial charge in [-0.05, 0) is 42.7 Å². The number of amides is 2. The Morgan fingerprint density at radius 3 is 2.35 bits per heavy atom. The third-order valence-corrected chi connectivity index (χ3v) is 3.99. The number of carbonyl (C=O) groups excluding carboxylic acids is 2. The van der Waals surface area contributed by atoms with E-state index in [4.69, 9.17) is 0 Å². The Morgan fingerprint density at radius 2 is 1.70 bits per heavy atom. The van der Waals surface area contributed by atoms with Gasteiger partial charge in [0.05, 0.1) is 13.0 Å². The third kappa shape index (κ3) is 3.42. The summed E-state index contributed by atoms with van der Waals surface area (Å²) < 4.78 is 0. The number of hydrogen-bond acceptors (Lipinski definition) is 3. The van der Waals surface area contributed by atoms with Crippen LogP contribution in [0.2, 0.25) is 0 Å². The molecule has 0 radical (unpaired) electrons. The van der Waals surface area contributed by atoms with E-state index in [9.17, 15) is 9.59 Å². The molecular formula is C19H20N2O2. The second-order valence-corrected chi connectivity index (χ2v) is 6.08. The number of aryl methyl sites for hydroxylation is 2. The molecule has 1 fully saturated rings. The molecule has 1 atom stereocenters. The van der Waals surface area contributed by atoms with Crippen molar-refractivity contribution in [1.29, 1.82) is 0 Å². The van der Waals surface area contributed by atoms with Gasteiger partial charge in [0, 0.05) is 5.69 Å². The highest BCUT2D eigenvalue weighted by atomic mass is 16.2. The quantitative estimate of drug-likeness (QED) is 0.883. The number of carbonyl (C=O) groups is 2. The first-order valence-corrected chi connectivity index (χ1v) is 7.76. The summed E-state index contributed by atoms with van der Waals surface area (Å²) in [5, 5.41) is 3.21. The molecule has 4 nitrogen and oxygen atoms in total. The van der Waals surface area contributed by atoms with Crippen molar-refractivity contribution in [1.82, 2.24) is 4.90 Å². The minimum absolute atomic E-state index is 0.124. The highest BCUT2D eigenvalue weighted by molar-refractivity contribution is 6.06. The highest BCUT2D eigenvalue weighted by Crippen LogP contribution is 2.22. The van der Waals surface area contributed by atoms with Gasteiger partial charge in [0.25, 0.3) is 5.91 Å². The summed E-state index contributed by atoms with van der Waals surface area (Å²) in [4.78, 5) is 26.1. The molecule has 3 rings (SSSR count). The molecule has 2 aromatic rings. The second-order valence-electron chi connectivity index (χ2n) is 6.08. The van der Waals surface area contributed by atoms with Crippen LogP contribution < -0.4 is 5.32 Å². The van der Waals surface area contributed by atoms with Crippen molar-refractivity contribution >= 4 is 17.5 Å². The van der Waals surface area contributed by atoms with Crippen molar-refractivity contribution < 1.29 is 9.59 Å². The van der Waals surface area contributed by atoms with Crippen LogP contribution >= 0.6 is 0 Å². The van der Waals surface area contributed by atoms with Crippen molar-refractivity contribution in [2.45, 2.75) is 32.9 Å². The van der Waals surface area contributed by atoms with Crippen molar-refractivity contribution in [3.05, 3.63) is 65.2 Å². The molecule has 0 saturated carbocycles. The van der Waals surface area contributed by atoms with E-state index < -0.39 is 6.04 Å². The molecular weight excluding hydrogens is 288 g/mol. The molecule has 1 aliphatic heterocycles. The van der Waals surface area contributed by atoms with Gasteiger partial charge in [-0.3, -0.25) is 14.5 Å². The normalized spacial score (nSPS) is 17.7. The van der Waals surface area contributed by atoms with Crippen molar-refractivity contribution in [3.63, 3.8) is 0 Å². The highest BCUT2D eigenvalue weighted by Gasteiger charge is 2.38. The Bertz CT molecular complexity index is 720. The summed E-state index contributed by atoms with van der Waals surface area (Å²) >= 11 is 0. The number of nitrogens with zero attached hydrogens (tertiary/aromatic N) is 1. The van der Waals surface area contributed by atoms with Crippen LogP contribution in [0.1, 0.15) is 23.1 Å². The minimum atomic E-state index is -0.479. The number of hydrogen-bond donors (Lipinski definition) is 1. The van der Waals surface area contributed by atoms with E-state index in [0.717, 1.165) is 22.4 Å². The molecule has 1 N–H and O–H groups in total. The van der Waals surface area contributed by atoms with Crippen LogP contribution in [0.25, 0.3) is 0 Å². The molecule has 1 saturated heterocycles. The summed E-state index contributed by atoms with van der Waals surface area (Å²) in [5.41, 5.74) is 4.10. The molecule has 0 unspecified atom stereocenters. The Balaban J connectivity index is 1.73. The Kier molecular flexibility index (Phi) is 4.15. The number of nitrogens with one attached hydrogen (secondary N) is 1. The Morgan fingerprint density at radius 1 is 1.04 bits per heavy atom. The lowest BCUT2D eigenvalue weighted by molar-refractivity contribution is -0.139. The van der Waals surface area contributed by atoms with E-state index in [-0.39, 0.29) is 18.2 Å². The van der Waals surface area contributed by atoms with Crippen LogP contribution in [0.5, 0.6) is 0 Å². The van der Waals surface area contributed by atoms with Gasteiger partial charge in [0.2, 0.25) is 5.91 Å². The summed E-state index contributed by atoms with van der Waals surface area (Å²) in [6.07, 6.45) is 0.207. The van der Waals surface area contributed by atoms with Gasteiger partial charge in [-0.25, -0.2) is 0 Å². The van der Waals surface area contributed by atoms with E-state index in [1.54, 1.807) is 0 Å². The fourth-order valence-corrected chi connectivity index (χ4v) is 2.99. The largest absolute Gasteiger partial charge is 0.373 e. The van der Waals surface area contributed by atoms with Gasteiger partial charge in [-0.1, -0.05) is 36.4 Å². The predicted molar refractivity (Wildman–Crippen MR) is 89.9 cm³/mol. The van der Waals surface area contributed by atoms with E-state index >= 15 is 0 Å². The van der Waals surface area contributed by atoms with Crippen LogP contribution in [0.3, 0.4) is 0 Å². The van der Waals surface area contributed by atoms with Crippen LogP contribution in [-0.4, -0.2) is 22.8 Å². The summed E-state index contributed by atoms with van der Waals surface area (Å²) in [6.45, 7) is 4.37. The van der Waals surface area contributed by atoms with Crippen molar-refractivity contribution in [3.8, 4) is 0 Å². The lowest BCUT2D eigenvalue weighted by Crippen LogP contribution is -2.34. The summed E-state index contributed by atoms with van der Waals surface area (Å²) in [7, 11) is 0. The summed E-state index contributed by atoms with van der Waals surface area (Å²) in [5.74, 6) is -0.279. The molecule has 23 heavy (non-hydrogen) atoms. The maximum atomic E-state index is 12.5. The van der Waals surface area contributed by atoms with Crippen molar-refractivity contribution in [2.24, 2.45) is 0 Å².